The molecule has 5 heteroatoms. The van der Waals surface area contributed by atoms with Crippen molar-refractivity contribution in [3.63, 3.8) is 0 Å². The third-order valence-electron chi connectivity index (χ3n) is 4.00. The molecular weight excluding hydrogens is 270 g/mol. The summed E-state index contributed by atoms with van der Waals surface area (Å²) >= 11 is 0. The van der Waals surface area contributed by atoms with Crippen molar-refractivity contribution in [2.24, 2.45) is 5.92 Å². The van der Waals surface area contributed by atoms with Gasteiger partial charge in [0.05, 0.1) is 25.7 Å². The van der Waals surface area contributed by atoms with Gasteiger partial charge in [0.2, 0.25) is 0 Å². The van der Waals surface area contributed by atoms with E-state index < -0.39 is 0 Å². The maximum absolute atomic E-state index is 12.1. The van der Waals surface area contributed by atoms with Crippen LogP contribution in [0.5, 0.6) is 11.5 Å². The molecule has 0 amide bonds. The van der Waals surface area contributed by atoms with Crippen molar-refractivity contribution in [3.8, 4) is 11.5 Å². The molecule has 0 spiro atoms. The van der Waals surface area contributed by atoms with Crippen LogP contribution in [0.1, 0.15) is 24.8 Å². The summed E-state index contributed by atoms with van der Waals surface area (Å²) in [5, 5.41) is 3.28. The fraction of sp³-hybridized carbons (Fsp3) is 0.562. The number of nitrogens with one attached hydrogen (secondary N) is 1. The minimum absolute atomic E-state index is 0.125. The van der Waals surface area contributed by atoms with E-state index in [1.807, 2.05) is 25.1 Å². The third-order valence-corrected chi connectivity index (χ3v) is 4.00. The SMILES string of the molecule is CCOC(=O)C1CNCC1c1ccc2c(c1)OCCCO2. The summed E-state index contributed by atoms with van der Waals surface area (Å²) in [6, 6.07) is 5.97. The predicted octanol–water partition coefficient (Wildman–Crippen LogP) is 1.71. The van der Waals surface area contributed by atoms with Crippen LogP contribution in [0, 0.1) is 5.92 Å². The van der Waals surface area contributed by atoms with Gasteiger partial charge >= 0.3 is 5.97 Å². The van der Waals surface area contributed by atoms with E-state index in [1.54, 1.807) is 0 Å². The minimum Gasteiger partial charge on any atom is -0.490 e. The highest BCUT2D eigenvalue weighted by atomic mass is 16.5. The number of esters is 1. The molecule has 1 aromatic rings. The highest BCUT2D eigenvalue weighted by Gasteiger charge is 2.35. The van der Waals surface area contributed by atoms with Crippen LogP contribution in [-0.4, -0.2) is 38.9 Å². The van der Waals surface area contributed by atoms with Crippen LogP contribution in [0.25, 0.3) is 0 Å². The Balaban J connectivity index is 1.82. The highest BCUT2D eigenvalue weighted by Crippen LogP contribution is 2.36. The lowest BCUT2D eigenvalue weighted by Crippen LogP contribution is -2.24. The lowest BCUT2D eigenvalue weighted by molar-refractivity contribution is -0.147. The molecule has 1 saturated heterocycles. The zero-order chi connectivity index (χ0) is 14.7. The van der Waals surface area contributed by atoms with Crippen molar-refractivity contribution in [3.05, 3.63) is 23.8 Å². The van der Waals surface area contributed by atoms with Crippen molar-refractivity contribution in [1.82, 2.24) is 5.32 Å². The van der Waals surface area contributed by atoms with Gasteiger partial charge in [-0.1, -0.05) is 6.07 Å². The van der Waals surface area contributed by atoms with Gasteiger partial charge in [-0.3, -0.25) is 4.79 Å². The first-order valence-electron chi connectivity index (χ1n) is 7.56. The summed E-state index contributed by atoms with van der Waals surface area (Å²) in [6.45, 7) is 5.05. The first-order valence-corrected chi connectivity index (χ1v) is 7.56. The summed E-state index contributed by atoms with van der Waals surface area (Å²) in [5.41, 5.74) is 1.10. The number of rotatable bonds is 3. The third kappa shape index (κ3) is 2.97. The molecule has 21 heavy (non-hydrogen) atoms. The van der Waals surface area contributed by atoms with Crippen LogP contribution >= 0.6 is 0 Å². The van der Waals surface area contributed by atoms with Crippen LogP contribution in [0.3, 0.4) is 0 Å². The molecule has 1 fully saturated rings. The summed E-state index contributed by atoms with van der Waals surface area (Å²) in [6.07, 6.45) is 0.889. The molecule has 1 N–H and O–H groups in total. The Labute approximate surface area is 124 Å². The molecule has 2 unspecified atom stereocenters. The number of hydrogen-bond acceptors (Lipinski definition) is 5. The Bertz CT molecular complexity index is 517. The number of ether oxygens (including phenoxy) is 3. The van der Waals surface area contributed by atoms with Gasteiger partial charge in [0.15, 0.2) is 11.5 Å². The van der Waals surface area contributed by atoms with Crippen molar-refractivity contribution in [1.29, 1.82) is 0 Å². The van der Waals surface area contributed by atoms with Crippen LogP contribution in [0.2, 0.25) is 0 Å². The maximum atomic E-state index is 12.1. The number of carbonyl (C=O) groups excluding carboxylic acids is 1. The van der Waals surface area contributed by atoms with Gasteiger partial charge in [-0.15, -0.1) is 0 Å². The molecule has 2 heterocycles. The maximum Gasteiger partial charge on any atom is 0.310 e. The smallest absolute Gasteiger partial charge is 0.310 e. The van der Waals surface area contributed by atoms with E-state index >= 15 is 0 Å². The standard InChI is InChI=1S/C16H21NO4/c1-2-19-16(18)13-10-17-9-12(13)11-4-5-14-15(8-11)21-7-3-6-20-14/h4-5,8,12-13,17H,2-3,6-7,9-10H2,1H3. The van der Waals surface area contributed by atoms with E-state index in [1.165, 1.54) is 0 Å². The topological polar surface area (TPSA) is 56.8 Å². The second-order valence-corrected chi connectivity index (χ2v) is 5.38. The highest BCUT2D eigenvalue weighted by molar-refractivity contribution is 5.74. The van der Waals surface area contributed by atoms with Gasteiger partial charge in [-0.05, 0) is 24.6 Å². The first-order chi connectivity index (χ1) is 10.3. The zero-order valence-corrected chi connectivity index (χ0v) is 12.3. The number of carbonyl (C=O) groups is 1. The second-order valence-electron chi connectivity index (χ2n) is 5.38. The van der Waals surface area contributed by atoms with E-state index in [-0.39, 0.29) is 17.8 Å². The van der Waals surface area contributed by atoms with E-state index in [2.05, 4.69) is 5.32 Å². The monoisotopic (exact) mass is 291 g/mol. The summed E-state index contributed by atoms with van der Waals surface area (Å²) in [4.78, 5) is 12.1. The molecule has 114 valence electrons. The molecule has 0 saturated carbocycles. The van der Waals surface area contributed by atoms with Crippen LogP contribution < -0.4 is 14.8 Å². The van der Waals surface area contributed by atoms with Crippen molar-refractivity contribution in [2.45, 2.75) is 19.3 Å². The van der Waals surface area contributed by atoms with E-state index in [0.717, 1.165) is 30.0 Å². The fourth-order valence-corrected chi connectivity index (χ4v) is 2.94. The number of fused-ring (bicyclic) bond motifs is 1. The molecular formula is C16H21NO4. The molecule has 2 aliphatic heterocycles. The Morgan fingerprint density at radius 3 is 2.90 bits per heavy atom. The average molecular weight is 291 g/mol. The number of hydrogen-bond donors (Lipinski definition) is 1. The molecule has 0 aromatic heterocycles. The van der Waals surface area contributed by atoms with Crippen molar-refractivity contribution >= 4 is 5.97 Å². The molecule has 0 aliphatic carbocycles. The molecule has 3 rings (SSSR count). The van der Waals surface area contributed by atoms with Gasteiger partial charge < -0.3 is 19.5 Å². The van der Waals surface area contributed by atoms with Gasteiger partial charge in [0.25, 0.3) is 0 Å². The van der Waals surface area contributed by atoms with Gasteiger partial charge in [0.1, 0.15) is 0 Å². The summed E-state index contributed by atoms with van der Waals surface area (Å²) in [5.74, 6) is 1.44. The summed E-state index contributed by atoms with van der Waals surface area (Å²) < 4.78 is 16.6. The molecule has 1 aromatic carbocycles. The lowest BCUT2D eigenvalue weighted by atomic mass is 9.89. The minimum atomic E-state index is -0.130. The van der Waals surface area contributed by atoms with Gasteiger partial charge in [-0.2, -0.15) is 0 Å². The van der Waals surface area contributed by atoms with Crippen LogP contribution in [-0.2, 0) is 9.53 Å². The quantitative estimate of drug-likeness (QED) is 0.859. The number of benzene rings is 1. The summed E-state index contributed by atoms with van der Waals surface area (Å²) in [7, 11) is 0. The van der Waals surface area contributed by atoms with E-state index in [9.17, 15) is 4.79 Å². The van der Waals surface area contributed by atoms with E-state index in [4.69, 9.17) is 14.2 Å². The fourth-order valence-electron chi connectivity index (χ4n) is 2.94. The van der Waals surface area contributed by atoms with Crippen LogP contribution in [0.4, 0.5) is 0 Å². The lowest BCUT2D eigenvalue weighted by Gasteiger charge is -2.18. The van der Waals surface area contributed by atoms with Crippen LogP contribution in [0.15, 0.2) is 18.2 Å². The normalized spacial score (nSPS) is 24.4. The molecule has 2 atom stereocenters. The second kappa shape index (κ2) is 6.35. The Morgan fingerprint density at radius 1 is 1.29 bits per heavy atom. The van der Waals surface area contributed by atoms with Gasteiger partial charge in [-0.25, -0.2) is 0 Å². The Kier molecular flexibility index (Phi) is 4.29. The van der Waals surface area contributed by atoms with Crippen molar-refractivity contribution < 1.29 is 19.0 Å². The van der Waals surface area contributed by atoms with E-state index in [0.29, 0.717) is 26.4 Å². The molecule has 0 bridgehead atoms. The van der Waals surface area contributed by atoms with Gasteiger partial charge in [0, 0.05) is 25.4 Å². The van der Waals surface area contributed by atoms with Crippen molar-refractivity contribution in [2.75, 3.05) is 32.9 Å². The zero-order valence-electron chi connectivity index (χ0n) is 12.3. The first kappa shape index (κ1) is 14.2. The molecule has 5 nitrogen and oxygen atoms in total. The Hall–Kier alpha value is -1.75. The predicted molar refractivity (Wildman–Crippen MR) is 77.8 cm³/mol. The largest absolute Gasteiger partial charge is 0.490 e. The molecule has 2 aliphatic rings. The average Bonchev–Trinajstić information content (AvgIpc) is 2.86. The Morgan fingerprint density at radius 2 is 2.10 bits per heavy atom. The molecule has 0 radical (unpaired) electrons.